The molecule has 0 radical (unpaired) electrons. The Morgan fingerprint density at radius 1 is 1.14 bits per heavy atom. The maximum absolute atomic E-state index is 14.9. The van der Waals surface area contributed by atoms with Crippen molar-refractivity contribution < 1.29 is 18.6 Å². The van der Waals surface area contributed by atoms with Gasteiger partial charge in [-0.15, -0.1) is 12.0 Å². The molecule has 0 aliphatic carbocycles. The number of piperazine rings is 1. The lowest BCUT2D eigenvalue weighted by atomic mass is 9.95. The Bertz CT molecular complexity index is 1620. The van der Waals surface area contributed by atoms with Gasteiger partial charge >= 0.3 is 0 Å². The molecule has 2 bridgehead atoms. The van der Waals surface area contributed by atoms with Gasteiger partial charge in [-0.25, -0.2) is 8.78 Å². The van der Waals surface area contributed by atoms with Crippen LogP contribution in [0.2, 0.25) is 0 Å². The van der Waals surface area contributed by atoms with Crippen molar-refractivity contribution in [3.05, 3.63) is 41.7 Å². The average molecular weight is 574 g/mol. The Kier molecular flexibility index (Phi) is 5.90. The third-order valence-electron chi connectivity index (χ3n) is 9.67. The molecule has 0 amide bonds. The normalized spacial score (nSPS) is 28.2. The number of hydrazine groups is 2. The summed E-state index contributed by atoms with van der Waals surface area (Å²) in [7, 11) is 0. The van der Waals surface area contributed by atoms with Gasteiger partial charge in [0.2, 0.25) is 5.88 Å². The summed E-state index contributed by atoms with van der Waals surface area (Å²) in [5.41, 5.74) is 8.22. The molecule has 5 aliphatic rings. The molecule has 8 rings (SSSR count). The van der Waals surface area contributed by atoms with E-state index in [0.717, 1.165) is 56.8 Å². The minimum atomic E-state index is -0.845. The molecule has 2 aromatic carbocycles. The average Bonchev–Trinajstić information content (AvgIpc) is 3.73. The van der Waals surface area contributed by atoms with Crippen molar-refractivity contribution in [1.29, 1.82) is 0 Å². The molecule has 6 heterocycles. The molecule has 4 atom stereocenters. The van der Waals surface area contributed by atoms with Crippen LogP contribution in [-0.4, -0.2) is 71.6 Å². The van der Waals surface area contributed by atoms with Crippen molar-refractivity contribution in [3.8, 4) is 24.0 Å². The van der Waals surface area contributed by atoms with Gasteiger partial charge in [0.05, 0.1) is 22.5 Å². The molecule has 9 nitrogen and oxygen atoms in total. The number of aromatic nitrogens is 1. The number of anilines is 4. The smallest absolute Gasteiger partial charge is 0.217 e. The fourth-order valence-corrected chi connectivity index (χ4v) is 7.80. The number of ether oxygens (including phenoxy) is 1. The van der Waals surface area contributed by atoms with Gasteiger partial charge in [0.25, 0.3) is 0 Å². The zero-order chi connectivity index (χ0) is 28.6. The summed E-state index contributed by atoms with van der Waals surface area (Å²) in [6.07, 6.45) is 9.56. The third-order valence-corrected chi connectivity index (χ3v) is 9.67. The Labute approximate surface area is 242 Å². The highest BCUT2D eigenvalue weighted by molar-refractivity contribution is 6.03. The Morgan fingerprint density at radius 3 is 2.79 bits per heavy atom. The van der Waals surface area contributed by atoms with E-state index in [0.29, 0.717) is 59.7 Å². The van der Waals surface area contributed by atoms with Gasteiger partial charge in [0, 0.05) is 55.7 Å². The number of rotatable bonds is 5. The van der Waals surface area contributed by atoms with Crippen molar-refractivity contribution >= 4 is 33.7 Å². The number of nitrogens with zero attached hydrogens (tertiary/aromatic N) is 4. The van der Waals surface area contributed by atoms with E-state index in [9.17, 15) is 13.9 Å². The van der Waals surface area contributed by atoms with E-state index in [1.807, 2.05) is 6.07 Å². The summed E-state index contributed by atoms with van der Waals surface area (Å²) < 4.78 is 35.8. The van der Waals surface area contributed by atoms with Crippen molar-refractivity contribution in [2.75, 3.05) is 48.1 Å². The van der Waals surface area contributed by atoms with Crippen LogP contribution in [0.5, 0.6) is 11.6 Å². The monoisotopic (exact) mass is 573 g/mol. The van der Waals surface area contributed by atoms with Crippen molar-refractivity contribution in [1.82, 2.24) is 20.7 Å². The predicted molar refractivity (Wildman–Crippen MR) is 157 cm³/mol. The highest BCUT2D eigenvalue weighted by Crippen LogP contribution is 2.47. The van der Waals surface area contributed by atoms with Gasteiger partial charge in [0.15, 0.2) is 5.82 Å². The molecule has 4 fully saturated rings. The van der Waals surface area contributed by atoms with Crippen LogP contribution in [-0.2, 0) is 0 Å². The van der Waals surface area contributed by atoms with Crippen LogP contribution >= 0.6 is 0 Å². The van der Waals surface area contributed by atoms with Crippen LogP contribution in [0.15, 0.2) is 30.3 Å². The molecule has 4 saturated heterocycles. The maximum Gasteiger partial charge on any atom is 0.217 e. The molecule has 4 N–H and O–H groups in total. The molecule has 0 saturated carbocycles. The standard InChI is InChI=1S/C31H33F2N7O2/c1-2-23-24(33)7-4-18-10-22(41)11-25(28(18)23)40-26-12-27(42-17-31-8-3-9-39(31)14-19(32)13-31)35-30(29(26)36-37-40)38-15-20-5-6-21(16-38)34-20/h1,4,7,10-12,19-21,34,36-37,41H,3,5-6,8-9,13-17H2/t19-,20?,21?,31+/m1/s1. The van der Waals surface area contributed by atoms with E-state index in [2.05, 4.69) is 32.0 Å². The zero-order valence-corrected chi connectivity index (χ0v) is 23.2. The van der Waals surface area contributed by atoms with Gasteiger partial charge in [0.1, 0.15) is 30.0 Å². The molecule has 3 aromatic rings. The third kappa shape index (κ3) is 4.04. The van der Waals surface area contributed by atoms with Gasteiger partial charge in [-0.05, 0) is 49.7 Å². The zero-order valence-electron chi connectivity index (χ0n) is 23.2. The van der Waals surface area contributed by atoms with Gasteiger partial charge in [-0.2, -0.15) is 4.98 Å². The number of hydrogen-bond donors (Lipinski definition) is 4. The largest absolute Gasteiger partial charge is 0.508 e. The highest BCUT2D eigenvalue weighted by atomic mass is 19.1. The Morgan fingerprint density at radius 2 is 1.98 bits per heavy atom. The first-order valence-electron chi connectivity index (χ1n) is 14.7. The van der Waals surface area contributed by atoms with Crippen LogP contribution < -0.4 is 30.9 Å². The summed E-state index contributed by atoms with van der Waals surface area (Å²) >= 11 is 0. The topological polar surface area (TPSA) is 88.2 Å². The van der Waals surface area contributed by atoms with Crippen molar-refractivity contribution in [2.24, 2.45) is 0 Å². The second-order valence-electron chi connectivity index (χ2n) is 12.3. The van der Waals surface area contributed by atoms with E-state index in [4.69, 9.17) is 16.1 Å². The first-order chi connectivity index (χ1) is 20.4. The number of hydrogen-bond acceptors (Lipinski definition) is 9. The highest BCUT2D eigenvalue weighted by Gasteiger charge is 2.49. The van der Waals surface area contributed by atoms with Gasteiger partial charge in [-0.1, -0.05) is 12.0 Å². The van der Waals surface area contributed by atoms with Gasteiger partial charge in [-0.3, -0.25) is 15.3 Å². The number of fused-ring (bicyclic) bond motifs is 5. The number of benzene rings is 2. The van der Waals surface area contributed by atoms with Crippen molar-refractivity contribution in [3.63, 3.8) is 0 Å². The van der Waals surface area contributed by atoms with E-state index in [1.54, 1.807) is 23.2 Å². The summed E-state index contributed by atoms with van der Waals surface area (Å²) in [6, 6.07) is 8.66. The molecular formula is C31H33F2N7O2. The lowest BCUT2D eigenvalue weighted by Gasteiger charge is -2.35. The number of phenols is 1. The quantitative estimate of drug-likeness (QED) is 0.339. The molecule has 1 aromatic heterocycles. The lowest BCUT2D eigenvalue weighted by Crippen LogP contribution is -2.51. The van der Waals surface area contributed by atoms with E-state index < -0.39 is 12.0 Å². The first-order valence-corrected chi connectivity index (χ1v) is 14.7. The van der Waals surface area contributed by atoms with E-state index >= 15 is 0 Å². The SMILES string of the molecule is C#Cc1c(F)ccc2cc(O)cc(N3NNc4c3cc(OC[C@@]35CCCN3C[C@H](F)C5)nc4N3CC4CCC(C3)N4)c12. The molecule has 0 spiro atoms. The lowest BCUT2D eigenvalue weighted by molar-refractivity contribution is 0.110. The fraction of sp³-hybridized carbons (Fsp3) is 0.452. The van der Waals surface area contributed by atoms with Gasteiger partial charge < -0.3 is 20.1 Å². The molecular weight excluding hydrogens is 540 g/mol. The molecule has 42 heavy (non-hydrogen) atoms. The number of pyridine rings is 1. The first kappa shape index (κ1) is 25.8. The summed E-state index contributed by atoms with van der Waals surface area (Å²) in [6.45, 7) is 3.31. The predicted octanol–water partition coefficient (Wildman–Crippen LogP) is 3.94. The van der Waals surface area contributed by atoms with E-state index in [1.165, 1.54) is 6.07 Å². The number of terminal acetylenes is 1. The van der Waals surface area contributed by atoms with Crippen molar-refractivity contribution in [2.45, 2.75) is 55.9 Å². The van der Waals surface area contributed by atoms with Crippen LogP contribution in [0, 0.1) is 18.2 Å². The second kappa shape index (κ2) is 9.59. The number of phenolic OH excluding ortho intramolecular Hbond substituents is 1. The molecule has 11 heteroatoms. The summed E-state index contributed by atoms with van der Waals surface area (Å²) in [5, 5.41) is 17.2. The number of halogens is 2. The maximum atomic E-state index is 14.9. The van der Waals surface area contributed by atoms with Crippen LogP contribution in [0.1, 0.15) is 37.7 Å². The second-order valence-corrected chi connectivity index (χ2v) is 12.3. The Hall–Kier alpha value is -3.85. The van der Waals surface area contributed by atoms with Crippen LogP contribution in [0.4, 0.5) is 31.7 Å². The summed E-state index contributed by atoms with van der Waals surface area (Å²) in [5.74, 6) is 3.19. The molecule has 2 unspecified atom stereocenters. The summed E-state index contributed by atoms with van der Waals surface area (Å²) in [4.78, 5) is 9.51. The number of alkyl halides is 1. The Balaban J connectivity index is 1.23. The number of nitrogens with one attached hydrogen (secondary N) is 3. The fourth-order valence-electron chi connectivity index (χ4n) is 7.80. The van der Waals surface area contributed by atoms with Crippen LogP contribution in [0.3, 0.4) is 0 Å². The molecule has 218 valence electrons. The van der Waals surface area contributed by atoms with Crippen LogP contribution in [0.25, 0.3) is 10.8 Å². The molecule has 5 aliphatic heterocycles. The van der Waals surface area contributed by atoms with E-state index in [-0.39, 0.29) is 16.9 Å². The minimum Gasteiger partial charge on any atom is -0.508 e. The minimum absolute atomic E-state index is 0.0224. The number of aromatic hydroxyl groups is 1.